The van der Waals surface area contributed by atoms with Crippen LogP contribution in [-0.2, 0) is 11.2 Å². The number of methoxy groups -OCH3 is 4. The summed E-state index contributed by atoms with van der Waals surface area (Å²) in [5.41, 5.74) is 2.97. The Kier molecular flexibility index (Phi) is 7.65. The zero-order chi connectivity index (χ0) is 26.4. The fourth-order valence-electron chi connectivity index (χ4n) is 3.95. The lowest BCUT2D eigenvalue weighted by atomic mass is 9.98. The Morgan fingerprint density at radius 2 is 1.41 bits per heavy atom. The average Bonchev–Trinajstić information content (AvgIpc) is 3.30. The van der Waals surface area contributed by atoms with Crippen molar-refractivity contribution >= 4 is 11.8 Å². The number of nitrogens with one attached hydrogen (secondary N) is 1. The number of anilines is 1. The van der Waals surface area contributed by atoms with Crippen LogP contribution in [0.1, 0.15) is 11.1 Å². The van der Waals surface area contributed by atoms with E-state index in [-0.39, 0.29) is 23.8 Å². The fourth-order valence-corrected chi connectivity index (χ4v) is 3.95. The van der Waals surface area contributed by atoms with E-state index in [4.69, 9.17) is 23.4 Å². The van der Waals surface area contributed by atoms with Crippen molar-refractivity contribution in [3.05, 3.63) is 77.9 Å². The van der Waals surface area contributed by atoms with Gasteiger partial charge in [0.2, 0.25) is 11.8 Å². The first-order valence-electron chi connectivity index (χ1n) is 11.4. The maximum absolute atomic E-state index is 13.0. The van der Waals surface area contributed by atoms with Gasteiger partial charge in [-0.2, -0.15) is 5.26 Å². The third-order valence-corrected chi connectivity index (χ3v) is 5.82. The normalized spacial score (nSPS) is 10.4. The van der Waals surface area contributed by atoms with E-state index < -0.39 is 0 Å². The molecule has 8 nitrogen and oxygen atoms in total. The molecule has 37 heavy (non-hydrogen) atoms. The van der Waals surface area contributed by atoms with Crippen LogP contribution in [0.4, 0.5) is 5.88 Å². The Balaban J connectivity index is 1.72. The molecule has 1 heterocycles. The molecular weight excluding hydrogens is 472 g/mol. The lowest BCUT2D eigenvalue weighted by Crippen LogP contribution is -2.14. The Hall–Kier alpha value is -4.90. The number of amides is 1. The van der Waals surface area contributed by atoms with Crippen molar-refractivity contribution < 1.29 is 28.2 Å². The molecule has 1 aromatic heterocycles. The second kappa shape index (κ2) is 11.2. The topological polar surface area (TPSA) is 103 Å². The second-order valence-corrected chi connectivity index (χ2v) is 7.99. The first-order valence-corrected chi connectivity index (χ1v) is 11.4. The molecule has 0 aliphatic heterocycles. The zero-order valence-electron chi connectivity index (χ0n) is 21.0. The number of ether oxygens (including phenoxy) is 4. The van der Waals surface area contributed by atoms with E-state index in [1.807, 2.05) is 24.3 Å². The number of hydrogen-bond donors (Lipinski definition) is 1. The van der Waals surface area contributed by atoms with Crippen LogP contribution in [0.2, 0.25) is 0 Å². The molecule has 0 bridgehead atoms. The van der Waals surface area contributed by atoms with E-state index in [1.165, 1.54) is 7.11 Å². The fraction of sp³-hybridized carbons (Fsp3) is 0.172. The predicted octanol–water partition coefficient (Wildman–Crippen LogP) is 5.70. The Morgan fingerprint density at radius 3 is 1.95 bits per heavy atom. The van der Waals surface area contributed by atoms with Crippen LogP contribution in [0.15, 0.2) is 71.1 Å². The van der Waals surface area contributed by atoms with Crippen LogP contribution in [-0.4, -0.2) is 34.3 Å². The highest BCUT2D eigenvalue weighted by atomic mass is 16.5. The van der Waals surface area contributed by atoms with Crippen LogP contribution in [0.25, 0.3) is 22.5 Å². The first kappa shape index (κ1) is 25.2. The third kappa shape index (κ3) is 5.36. The lowest BCUT2D eigenvalue weighted by molar-refractivity contribution is -0.115. The molecule has 0 aliphatic carbocycles. The number of carbonyl (C=O) groups excluding carboxylic acids is 1. The van der Waals surface area contributed by atoms with E-state index in [0.29, 0.717) is 39.9 Å². The lowest BCUT2D eigenvalue weighted by Gasteiger charge is -2.09. The van der Waals surface area contributed by atoms with Crippen LogP contribution in [0.5, 0.6) is 23.0 Å². The monoisotopic (exact) mass is 498 g/mol. The van der Waals surface area contributed by atoms with Crippen molar-refractivity contribution in [2.45, 2.75) is 6.42 Å². The summed E-state index contributed by atoms with van der Waals surface area (Å²) in [6.45, 7) is 0. The number of hydrogen-bond acceptors (Lipinski definition) is 7. The summed E-state index contributed by atoms with van der Waals surface area (Å²) < 4.78 is 27.2. The number of carbonyl (C=O) groups is 1. The predicted molar refractivity (Wildman–Crippen MR) is 139 cm³/mol. The molecule has 1 N–H and O–H groups in total. The minimum absolute atomic E-state index is 0.0433. The third-order valence-electron chi connectivity index (χ3n) is 5.82. The molecule has 4 rings (SSSR count). The van der Waals surface area contributed by atoms with Gasteiger partial charge in [-0.05, 0) is 59.7 Å². The van der Waals surface area contributed by atoms with Crippen LogP contribution in [0, 0.1) is 11.3 Å². The molecule has 3 aromatic carbocycles. The quantitative estimate of drug-likeness (QED) is 0.316. The number of furan rings is 1. The van der Waals surface area contributed by atoms with Crippen molar-refractivity contribution in [2.24, 2.45) is 0 Å². The maximum Gasteiger partial charge on any atom is 0.231 e. The van der Waals surface area contributed by atoms with Gasteiger partial charge in [-0.15, -0.1) is 0 Å². The van der Waals surface area contributed by atoms with E-state index in [1.54, 1.807) is 63.8 Å². The molecule has 0 atom stereocenters. The molecule has 0 saturated heterocycles. The number of nitriles is 1. The van der Waals surface area contributed by atoms with Crippen LogP contribution >= 0.6 is 0 Å². The van der Waals surface area contributed by atoms with E-state index >= 15 is 0 Å². The zero-order valence-corrected chi connectivity index (χ0v) is 21.0. The molecule has 0 unspecified atom stereocenters. The van der Waals surface area contributed by atoms with Gasteiger partial charge < -0.3 is 23.4 Å². The van der Waals surface area contributed by atoms with Gasteiger partial charge >= 0.3 is 0 Å². The van der Waals surface area contributed by atoms with Crippen LogP contribution < -0.4 is 24.3 Å². The van der Waals surface area contributed by atoms with E-state index in [0.717, 1.165) is 11.1 Å². The Morgan fingerprint density at radius 1 is 0.811 bits per heavy atom. The average molecular weight is 499 g/mol. The molecular formula is C29H26N2O6. The molecule has 0 saturated carbocycles. The van der Waals surface area contributed by atoms with Gasteiger partial charge in [-0.25, -0.2) is 0 Å². The van der Waals surface area contributed by atoms with Gasteiger partial charge in [0.1, 0.15) is 28.9 Å². The van der Waals surface area contributed by atoms with Gasteiger partial charge in [-0.3, -0.25) is 10.1 Å². The maximum atomic E-state index is 13.0. The summed E-state index contributed by atoms with van der Waals surface area (Å²) in [5.74, 6) is 2.63. The molecule has 4 aromatic rings. The Labute approximate surface area is 215 Å². The first-order chi connectivity index (χ1) is 18.0. The number of benzene rings is 3. The number of nitrogens with zero attached hydrogens (tertiary/aromatic N) is 1. The highest BCUT2D eigenvalue weighted by Crippen LogP contribution is 2.42. The molecule has 8 heteroatoms. The molecule has 1 amide bonds. The van der Waals surface area contributed by atoms with Crippen molar-refractivity contribution in [3.63, 3.8) is 0 Å². The molecule has 0 radical (unpaired) electrons. The minimum Gasteiger partial charge on any atom is -0.497 e. The van der Waals surface area contributed by atoms with Crippen molar-refractivity contribution in [1.29, 1.82) is 5.26 Å². The van der Waals surface area contributed by atoms with E-state index in [9.17, 15) is 10.1 Å². The van der Waals surface area contributed by atoms with Gasteiger partial charge in [-0.1, -0.05) is 18.2 Å². The Bertz CT molecular complexity index is 1430. The largest absolute Gasteiger partial charge is 0.497 e. The van der Waals surface area contributed by atoms with Crippen molar-refractivity contribution in [1.82, 2.24) is 0 Å². The highest BCUT2D eigenvalue weighted by molar-refractivity contribution is 5.96. The summed E-state index contributed by atoms with van der Waals surface area (Å²) in [6, 6.07) is 22.0. The molecule has 0 fully saturated rings. The van der Waals surface area contributed by atoms with Gasteiger partial charge in [0.25, 0.3) is 0 Å². The number of rotatable bonds is 9. The van der Waals surface area contributed by atoms with Gasteiger partial charge in [0.15, 0.2) is 11.5 Å². The van der Waals surface area contributed by atoms with Gasteiger partial charge in [0.05, 0.1) is 34.9 Å². The SMILES string of the molecule is COc1ccc(-c2oc(NC(=O)Cc3ccc(OC)c(OC)c3)c(C#N)c2-c2ccc(OC)cc2)cc1. The van der Waals surface area contributed by atoms with E-state index in [2.05, 4.69) is 11.4 Å². The highest BCUT2D eigenvalue weighted by Gasteiger charge is 2.24. The summed E-state index contributed by atoms with van der Waals surface area (Å²) in [4.78, 5) is 13.0. The van der Waals surface area contributed by atoms with Crippen molar-refractivity contribution in [2.75, 3.05) is 33.8 Å². The summed E-state index contributed by atoms with van der Waals surface area (Å²) in [7, 11) is 6.25. The van der Waals surface area contributed by atoms with Gasteiger partial charge in [0, 0.05) is 11.1 Å². The minimum atomic E-state index is -0.347. The van der Waals surface area contributed by atoms with Crippen LogP contribution in [0.3, 0.4) is 0 Å². The smallest absolute Gasteiger partial charge is 0.231 e. The summed E-state index contributed by atoms with van der Waals surface area (Å²) in [6.07, 6.45) is 0.0433. The summed E-state index contributed by atoms with van der Waals surface area (Å²) in [5, 5.41) is 12.9. The molecule has 0 spiro atoms. The second-order valence-electron chi connectivity index (χ2n) is 7.99. The molecule has 188 valence electrons. The standard InChI is InChI=1S/C29H26N2O6/c1-33-21-10-6-19(7-11-21)27-23(17-30)29(37-28(27)20-8-12-22(34-2)13-9-20)31-26(32)16-18-5-14-24(35-3)25(15-18)36-4/h5-15H,16H2,1-4H3,(H,31,32). The molecule has 0 aliphatic rings. The van der Waals surface area contributed by atoms with Crippen molar-refractivity contribution in [3.8, 4) is 51.5 Å². The summed E-state index contributed by atoms with van der Waals surface area (Å²) >= 11 is 0.